The van der Waals surface area contributed by atoms with Crippen LogP contribution >= 0.6 is 0 Å². The Hall–Kier alpha value is -3.01. The van der Waals surface area contributed by atoms with E-state index in [-0.39, 0.29) is 5.91 Å². The first kappa shape index (κ1) is 15.9. The van der Waals surface area contributed by atoms with Gasteiger partial charge in [0.1, 0.15) is 5.75 Å². The quantitative estimate of drug-likeness (QED) is 0.740. The Labute approximate surface area is 141 Å². The summed E-state index contributed by atoms with van der Waals surface area (Å²) in [5.41, 5.74) is 2.97. The van der Waals surface area contributed by atoms with Crippen molar-refractivity contribution in [1.82, 2.24) is 4.57 Å². The second-order valence-corrected chi connectivity index (χ2v) is 5.60. The van der Waals surface area contributed by atoms with Gasteiger partial charge in [0.15, 0.2) is 0 Å². The molecule has 0 aliphatic carbocycles. The van der Waals surface area contributed by atoms with Gasteiger partial charge >= 0.3 is 0 Å². The Morgan fingerprint density at radius 3 is 2.54 bits per heavy atom. The largest absolute Gasteiger partial charge is 0.493 e. The minimum absolute atomic E-state index is 0.0632. The topological polar surface area (TPSA) is 43.3 Å². The molecule has 3 aromatic rings. The molecule has 3 rings (SSSR count). The maximum Gasteiger partial charge on any atom is 0.227 e. The summed E-state index contributed by atoms with van der Waals surface area (Å²) in [6.45, 7) is 2.38. The predicted molar refractivity (Wildman–Crippen MR) is 95.7 cm³/mol. The number of hydrogen-bond acceptors (Lipinski definition) is 2. The van der Waals surface area contributed by atoms with Gasteiger partial charge in [0.25, 0.3) is 0 Å². The van der Waals surface area contributed by atoms with Crippen molar-refractivity contribution in [3.8, 4) is 11.4 Å². The molecule has 0 atom stereocenters. The van der Waals surface area contributed by atoms with E-state index in [1.54, 1.807) is 0 Å². The fraction of sp³-hybridized carbons (Fsp3) is 0.150. The molecule has 0 unspecified atom stereocenters. The molecule has 0 saturated heterocycles. The van der Waals surface area contributed by atoms with E-state index in [9.17, 15) is 4.79 Å². The van der Waals surface area contributed by atoms with Crippen molar-refractivity contribution in [3.05, 3.63) is 78.6 Å². The van der Waals surface area contributed by atoms with Gasteiger partial charge in [-0.05, 0) is 49.4 Å². The normalized spacial score (nSPS) is 10.4. The van der Waals surface area contributed by atoms with E-state index < -0.39 is 0 Å². The SMILES string of the molecule is Cc1ccc(OCCC(=O)Nc2cccc(-n3cccc3)c2)cc1. The van der Waals surface area contributed by atoms with Crippen molar-refractivity contribution >= 4 is 11.6 Å². The van der Waals surface area contributed by atoms with Crippen LogP contribution in [0, 0.1) is 6.92 Å². The van der Waals surface area contributed by atoms with E-state index in [4.69, 9.17) is 4.74 Å². The summed E-state index contributed by atoms with van der Waals surface area (Å²) in [5, 5.41) is 2.91. The van der Waals surface area contributed by atoms with Crippen molar-refractivity contribution in [3.63, 3.8) is 0 Å². The van der Waals surface area contributed by atoms with E-state index in [1.807, 2.05) is 84.5 Å². The molecule has 0 radical (unpaired) electrons. The minimum atomic E-state index is -0.0632. The van der Waals surface area contributed by atoms with Crippen LogP contribution in [-0.4, -0.2) is 17.1 Å². The predicted octanol–water partition coefficient (Wildman–Crippen LogP) is 4.19. The molecule has 122 valence electrons. The third-order valence-corrected chi connectivity index (χ3v) is 3.65. The first-order valence-corrected chi connectivity index (χ1v) is 7.93. The Morgan fingerprint density at radius 1 is 1.04 bits per heavy atom. The molecule has 4 heteroatoms. The lowest BCUT2D eigenvalue weighted by atomic mass is 10.2. The highest BCUT2D eigenvalue weighted by Crippen LogP contribution is 2.15. The average Bonchev–Trinajstić information content (AvgIpc) is 3.11. The summed E-state index contributed by atoms with van der Waals surface area (Å²) in [4.78, 5) is 12.1. The fourth-order valence-corrected chi connectivity index (χ4v) is 2.37. The van der Waals surface area contributed by atoms with Crippen LogP contribution < -0.4 is 10.1 Å². The van der Waals surface area contributed by atoms with E-state index in [1.165, 1.54) is 5.56 Å². The zero-order valence-corrected chi connectivity index (χ0v) is 13.6. The highest BCUT2D eigenvalue weighted by Gasteiger charge is 2.04. The van der Waals surface area contributed by atoms with Gasteiger partial charge in [-0.1, -0.05) is 23.8 Å². The third kappa shape index (κ3) is 4.26. The second kappa shape index (κ2) is 7.51. The van der Waals surface area contributed by atoms with Gasteiger partial charge in [0.2, 0.25) is 5.91 Å². The maximum absolute atomic E-state index is 12.1. The van der Waals surface area contributed by atoms with Crippen LogP contribution in [0.5, 0.6) is 5.75 Å². The molecule has 1 heterocycles. The smallest absolute Gasteiger partial charge is 0.227 e. The second-order valence-electron chi connectivity index (χ2n) is 5.60. The van der Waals surface area contributed by atoms with Crippen molar-refractivity contribution in [2.45, 2.75) is 13.3 Å². The van der Waals surface area contributed by atoms with Crippen molar-refractivity contribution in [2.24, 2.45) is 0 Å². The molecule has 0 spiro atoms. The van der Waals surface area contributed by atoms with Gasteiger partial charge < -0.3 is 14.6 Å². The van der Waals surface area contributed by atoms with Crippen LogP contribution in [0.15, 0.2) is 73.1 Å². The Morgan fingerprint density at radius 2 is 1.79 bits per heavy atom. The van der Waals surface area contributed by atoms with Gasteiger partial charge in [0, 0.05) is 23.8 Å². The molecule has 4 nitrogen and oxygen atoms in total. The van der Waals surface area contributed by atoms with E-state index >= 15 is 0 Å². The van der Waals surface area contributed by atoms with E-state index in [0.717, 1.165) is 17.1 Å². The highest BCUT2D eigenvalue weighted by molar-refractivity contribution is 5.91. The van der Waals surface area contributed by atoms with Crippen LogP contribution in [0.3, 0.4) is 0 Å². The molecule has 1 N–H and O–H groups in total. The number of aryl methyl sites for hydroxylation is 1. The molecule has 24 heavy (non-hydrogen) atoms. The summed E-state index contributed by atoms with van der Waals surface area (Å²) in [5.74, 6) is 0.717. The molecule has 0 aliphatic heterocycles. The number of carbonyl (C=O) groups excluding carboxylic acids is 1. The molecule has 0 saturated carbocycles. The summed E-state index contributed by atoms with van der Waals surface area (Å²) < 4.78 is 7.58. The van der Waals surface area contributed by atoms with Crippen LogP contribution in [-0.2, 0) is 4.79 Å². The maximum atomic E-state index is 12.1. The highest BCUT2D eigenvalue weighted by atomic mass is 16.5. The zero-order chi connectivity index (χ0) is 16.8. The van der Waals surface area contributed by atoms with Crippen molar-refractivity contribution in [2.75, 3.05) is 11.9 Å². The van der Waals surface area contributed by atoms with Crippen LogP contribution in [0.4, 0.5) is 5.69 Å². The summed E-state index contributed by atoms with van der Waals surface area (Å²) in [6.07, 6.45) is 4.24. The number of amides is 1. The van der Waals surface area contributed by atoms with Crippen LogP contribution in [0.2, 0.25) is 0 Å². The van der Waals surface area contributed by atoms with Crippen molar-refractivity contribution < 1.29 is 9.53 Å². The number of ether oxygens (including phenoxy) is 1. The number of carbonyl (C=O) groups is 1. The zero-order valence-electron chi connectivity index (χ0n) is 13.6. The lowest BCUT2D eigenvalue weighted by Gasteiger charge is -2.09. The first-order chi connectivity index (χ1) is 11.7. The number of anilines is 1. The summed E-state index contributed by atoms with van der Waals surface area (Å²) >= 11 is 0. The summed E-state index contributed by atoms with van der Waals surface area (Å²) in [7, 11) is 0. The van der Waals surface area contributed by atoms with Gasteiger partial charge in [-0.15, -0.1) is 0 Å². The number of nitrogens with zero attached hydrogens (tertiary/aromatic N) is 1. The molecule has 2 aromatic carbocycles. The molecule has 0 fully saturated rings. The Bertz CT molecular complexity index is 793. The molecule has 0 bridgehead atoms. The third-order valence-electron chi connectivity index (χ3n) is 3.65. The molecule has 0 aliphatic rings. The van der Waals surface area contributed by atoms with Gasteiger partial charge in [-0.2, -0.15) is 0 Å². The summed E-state index contributed by atoms with van der Waals surface area (Å²) in [6, 6.07) is 19.5. The number of aromatic nitrogens is 1. The first-order valence-electron chi connectivity index (χ1n) is 7.93. The van der Waals surface area contributed by atoms with Crippen LogP contribution in [0.25, 0.3) is 5.69 Å². The van der Waals surface area contributed by atoms with E-state index in [0.29, 0.717) is 13.0 Å². The molecular formula is C20H20N2O2. The van der Waals surface area contributed by atoms with E-state index in [2.05, 4.69) is 5.32 Å². The molecule has 1 aromatic heterocycles. The molecular weight excluding hydrogens is 300 g/mol. The standard InChI is InChI=1S/C20H20N2O2/c1-16-7-9-19(10-8-16)24-14-11-20(23)21-17-5-4-6-18(15-17)22-12-2-3-13-22/h2-10,12-13,15H,11,14H2,1H3,(H,21,23). The average molecular weight is 320 g/mol. The Balaban J connectivity index is 1.51. The lowest BCUT2D eigenvalue weighted by Crippen LogP contribution is -2.15. The number of hydrogen-bond donors (Lipinski definition) is 1. The number of benzene rings is 2. The van der Waals surface area contributed by atoms with Gasteiger partial charge in [-0.3, -0.25) is 4.79 Å². The lowest BCUT2D eigenvalue weighted by molar-refractivity contribution is -0.116. The molecule has 1 amide bonds. The fourth-order valence-electron chi connectivity index (χ4n) is 2.37. The monoisotopic (exact) mass is 320 g/mol. The minimum Gasteiger partial charge on any atom is -0.493 e. The van der Waals surface area contributed by atoms with Gasteiger partial charge in [-0.25, -0.2) is 0 Å². The number of nitrogens with one attached hydrogen (secondary N) is 1. The van der Waals surface area contributed by atoms with Crippen LogP contribution in [0.1, 0.15) is 12.0 Å². The van der Waals surface area contributed by atoms with Crippen molar-refractivity contribution in [1.29, 1.82) is 0 Å². The van der Waals surface area contributed by atoms with Gasteiger partial charge in [0.05, 0.1) is 13.0 Å². The number of rotatable bonds is 6. The Kier molecular flexibility index (Phi) is 4.96.